The summed E-state index contributed by atoms with van der Waals surface area (Å²) in [7, 11) is 0. The van der Waals surface area contributed by atoms with Crippen LogP contribution >= 0.6 is 0 Å². The van der Waals surface area contributed by atoms with Crippen LogP contribution in [0.4, 0.5) is 0 Å². The molecule has 0 bridgehead atoms. The lowest BCUT2D eigenvalue weighted by Crippen LogP contribution is -1.96. The molecule has 0 aliphatic heterocycles. The van der Waals surface area contributed by atoms with Gasteiger partial charge < -0.3 is 0 Å². The van der Waals surface area contributed by atoms with E-state index >= 15 is 0 Å². The SMILES string of the molecule is C/C=C1/C=C(/c2ccccc2)CC\C(c2ccccc2)=C/C1=C\C. The highest BCUT2D eigenvalue weighted by Crippen LogP contribution is 2.33. The molecule has 120 valence electrons. The van der Waals surface area contributed by atoms with Crippen LogP contribution in [0.25, 0.3) is 11.1 Å². The maximum absolute atomic E-state index is 2.35. The van der Waals surface area contributed by atoms with Crippen molar-refractivity contribution >= 4 is 11.1 Å². The van der Waals surface area contributed by atoms with Crippen LogP contribution in [-0.4, -0.2) is 0 Å². The van der Waals surface area contributed by atoms with Gasteiger partial charge >= 0.3 is 0 Å². The van der Waals surface area contributed by atoms with E-state index in [0.29, 0.717) is 0 Å². The lowest BCUT2D eigenvalue weighted by Gasteiger charge is -2.17. The fraction of sp³-hybridized carbons (Fsp3) is 0.167. The summed E-state index contributed by atoms with van der Waals surface area (Å²) in [5.41, 5.74) is 8.05. The molecule has 0 heterocycles. The minimum atomic E-state index is 1.05. The molecule has 0 unspecified atom stereocenters. The highest BCUT2D eigenvalue weighted by molar-refractivity contribution is 5.78. The zero-order valence-electron chi connectivity index (χ0n) is 14.5. The van der Waals surface area contributed by atoms with Gasteiger partial charge in [0, 0.05) is 0 Å². The fourth-order valence-corrected chi connectivity index (χ4v) is 3.22. The van der Waals surface area contributed by atoms with Gasteiger partial charge in [-0.05, 0) is 60.1 Å². The molecule has 0 nitrogen and oxygen atoms in total. The molecule has 0 heteroatoms. The molecule has 0 radical (unpaired) electrons. The minimum Gasteiger partial charge on any atom is -0.0798 e. The smallest absolute Gasteiger partial charge is 0.0224 e. The standard InChI is InChI=1S/C24H24/c1-3-19-17-23(21-11-7-5-8-12-21)15-16-24(18-20(19)4-2)22-13-9-6-10-14-22/h3-14,17-18H,15-16H2,1-2H3/b19-3-,20-4+,23-17+,24-18+. The van der Waals surface area contributed by atoms with E-state index in [2.05, 4.69) is 98.8 Å². The molecule has 2 aromatic carbocycles. The summed E-state index contributed by atoms with van der Waals surface area (Å²) in [5.74, 6) is 0. The van der Waals surface area contributed by atoms with Crippen molar-refractivity contribution in [2.24, 2.45) is 0 Å². The molecule has 0 spiro atoms. The largest absolute Gasteiger partial charge is 0.0798 e. The first-order valence-corrected chi connectivity index (χ1v) is 8.67. The number of benzene rings is 2. The third kappa shape index (κ3) is 3.65. The topological polar surface area (TPSA) is 0 Å². The highest BCUT2D eigenvalue weighted by atomic mass is 14.2. The average Bonchev–Trinajstić information content (AvgIpc) is 2.64. The third-order valence-corrected chi connectivity index (χ3v) is 4.57. The second-order valence-electron chi connectivity index (χ2n) is 6.06. The van der Waals surface area contributed by atoms with E-state index in [-0.39, 0.29) is 0 Å². The Morgan fingerprint density at radius 3 is 1.29 bits per heavy atom. The predicted octanol–water partition coefficient (Wildman–Crippen LogP) is 6.84. The summed E-state index contributed by atoms with van der Waals surface area (Å²) < 4.78 is 0. The van der Waals surface area contributed by atoms with Crippen LogP contribution in [0.2, 0.25) is 0 Å². The predicted molar refractivity (Wildman–Crippen MR) is 106 cm³/mol. The van der Waals surface area contributed by atoms with E-state index in [9.17, 15) is 0 Å². The first-order chi connectivity index (χ1) is 11.8. The Hall–Kier alpha value is -2.60. The summed E-state index contributed by atoms with van der Waals surface area (Å²) in [6, 6.07) is 21.5. The molecule has 3 rings (SSSR count). The van der Waals surface area contributed by atoms with Gasteiger partial charge in [0.2, 0.25) is 0 Å². The quantitative estimate of drug-likeness (QED) is 0.569. The first kappa shape index (κ1) is 16.3. The maximum atomic E-state index is 2.35. The van der Waals surface area contributed by atoms with Crippen molar-refractivity contribution in [2.75, 3.05) is 0 Å². The van der Waals surface area contributed by atoms with E-state index in [0.717, 1.165) is 12.8 Å². The molecule has 0 N–H and O–H groups in total. The Morgan fingerprint density at radius 1 is 0.583 bits per heavy atom. The molecule has 1 aliphatic carbocycles. The van der Waals surface area contributed by atoms with Gasteiger partial charge in [-0.15, -0.1) is 0 Å². The van der Waals surface area contributed by atoms with Crippen molar-refractivity contribution in [3.63, 3.8) is 0 Å². The number of hydrogen-bond acceptors (Lipinski definition) is 0. The van der Waals surface area contributed by atoms with Crippen LogP contribution in [0, 0.1) is 0 Å². The van der Waals surface area contributed by atoms with Gasteiger partial charge in [-0.2, -0.15) is 0 Å². The highest BCUT2D eigenvalue weighted by Gasteiger charge is 2.12. The summed E-state index contributed by atoms with van der Waals surface area (Å²) in [6.07, 6.45) is 11.2. The van der Waals surface area contributed by atoms with Crippen LogP contribution in [0.3, 0.4) is 0 Å². The Kier molecular flexibility index (Phi) is 5.28. The lowest BCUT2D eigenvalue weighted by molar-refractivity contribution is 1.08. The second kappa shape index (κ2) is 7.79. The van der Waals surface area contributed by atoms with Crippen molar-refractivity contribution in [3.05, 3.63) is 107 Å². The van der Waals surface area contributed by atoms with Gasteiger partial charge in [-0.1, -0.05) is 85.0 Å². The van der Waals surface area contributed by atoms with Gasteiger partial charge in [-0.3, -0.25) is 0 Å². The Morgan fingerprint density at radius 2 is 0.958 bits per heavy atom. The average molecular weight is 312 g/mol. The zero-order valence-corrected chi connectivity index (χ0v) is 14.5. The number of hydrogen-bond donors (Lipinski definition) is 0. The van der Waals surface area contributed by atoms with E-state index in [1.165, 1.54) is 33.4 Å². The fourth-order valence-electron chi connectivity index (χ4n) is 3.22. The first-order valence-electron chi connectivity index (χ1n) is 8.67. The van der Waals surface area contributed by atoms with Gasteiger partial charge in [0.1, 0.15) is 0 Å². The summed E-state index contributed by atoms with van der Waals surface area (Å²) >= 11 is 0. The van der Waals surface area contributed by atoms with Crippen LogP contribution in [-0.2, 0) is 0 Å². The molecule has 0 atom stereocenters. The Bertz CT molecular complexity index is 728. The number of rotatable bonds is 2. The molecule has 24 heavy (non-hydrogen) atoms. The lowest BCUT2D eigenvalue weighted by atomic mass is 9.87. The van der Waals surface area contributed by atoms with Gasteiger partial charge in [0.15, 0.2) is 0 Å². The molecule has 0 amide bonds. The molecule has 0 fully saturated rings. The molecule has 0 saturated carbocycles. The van der Waals surface area contributed by atoms with Crippen molar-refractivity contribution < 1.29 is 0 Å². The number of allylic oxidation sites excluding steroid dienone is 8. The van der Waals surface area contributed by atoms with E-state index in [4.69, 9.17) is 0 Å². The van der Waals surface area contributed by atoms with Crippen molar-refractivity contribution in [1.29, 1.82) is 0 Å². The zero-order chi connectivity index (χ0) is 16.8. The molecule has 1 aliphatic rings. The van der Waals surface area contributed by atoms with E-state index < -0.39 is 0 Å². The summed E-state index contributed by atoms with van der Waals surface area (Å²) in [5, 5.41) is 0. The third-order valence-electron chi connectivity index (χ3n) is 4.57. The second-order valence-corrected chi connectivity index (χ2v) is 6.06. The summed E-state index contributed by atoms with van der Waals surface area (Å²) in [6.45, 7) is 4.24. The van der Waals surface area contributed by atoms with Crippen LogP contribution in [0.15, 0.2) is 96.1 Å². The molecular weight excluding hydrogens is 288 g/mol. The monoisotopic (exact) mass is 312 g/mol. The van der Waals surface area contributed by atoms with E-state index in [1.807, 2.05) is 0 Å². The molecule has 0 saturated heterocycles. The van der Waals surface area contributed by atoms with Gasteiger partial charge in [-0.25, -0.2) is 0 Å². The van der Waals surface area contributed by atoms with Crippen LogP contribution in [0.5, 0.6) is 0 Å². The Labute approximate surface area is 145 Å². The van der Waals surface area contributed by atoms with Crippen molar-refractivity contribution in [1.82, 2.24) is 0 Å². The minimum absolute atomic E-state index is 1.05. The molecule has 2 aromatic rings. The van der Waals surface area contributed by atoms with Crippen LogP contribution in [0.1, 0.15) is 37.8 Å². The normalized spacial score (nSPS) is 23.1. The van der Waals surface area contributed by atoms with Crippen molar-refractivity contribution in [2.45, 2.75) is 26.7 Å². The van der Waals surface area contributed by atoms with E-state index in [1.54, 1.807) is 0 Å². The Balaban J connectivity index is 2.05. The maximum Gasteiger partial charge on any atom is -0.0224 e. The molecular formula is C24H24. The van der Waals surface area contributed by atoms with Gasteiger partial charge in [0.25, 0.3) is 0 Å². The van der Waals surface area contributed by atoms with Crippen LogP contribution < -0.4 is 0 Å². The molecule has 0 aromatic heterocycles. The summed E-state index contributed by atoms with van der Waals surface area (Å²) in [4.78, 5) is 0. The van der Waals surface area contributed by atoms with Crippen molar-refractivity contribution in [3.8, 4) is 0 Å². The van der Waals surface area contributed by atoms with Gasteiger partial charge in [0.05, 0.1) is 0 Å².